The molecule has 8 nitrogen and oxygen atoms in total. The Labute approximate surface area is 158 Å². The summed E-state index contributed by atoms with van der Waals surface area (Å²) in [6, 6.07) is 9.46. The molecule has 0 bridgehead atoms. The zero-order chi connectivity index (χ0) is 19.7. The van der Waals surface area contributed by atoms with Gasteiger partial charge in [-0.25, -0.2) is 4.39 Å². The van der Waals surface area contributed by atoms with E-state index in [9.17, 15) is 14.4 Å². The van der Waals surface area contributed by atoms with Gasteiger partial charge in [0.25, 0.3) is 5.56 Å². The number of hydrogen-bond donors (Lipinski definition) is 2. The lowest BCUT2D eigenvalue weighted by molar-refractivity contribution is 0.0359. The summed E-state index contributed by atoms with van der Waals surface area (Å²) in [5.41, 5.74) is 0.472. The van der Waals surface area contributed by atoms with Gasteiger partial charge in [0.2, 0.25) is 0 Å². The van der Waals surface area contributed by atoms with Crippen LogP contribution in [-0.2, 0) is 4.74 Å². The highest BCUT2D eigenvalue weighted by molar-refractivity contribution is 5.91. The summed E-state index contributed by atoms with van der Waals surface area (Å²) in [5.74, 6) is -0.727. The zero-order valence-electron chi connectivity index (χ0n) is 14.6. The maximum absolute atomic E-state index is 13.9. The lowest BCUT2D eigenvalue weighted by atomic mass is 9.96. The molecule has 140 valence electrons. The van der Waals surface area contributed by atoms with Gasteiger partial charge >= 0.3 is 0 Å². The van der Waals surface area contributed by atoms with Crippen LogP contribution < -0.4 is 10.9 Å². The fraction of sp³-hybridized carbons (Fsp3) is 0.263. The van der Waals surface area contributed by atoms with Crippen molar-refractivity contribution in [1.29, 1.82) is 10.5 Å². The number of aromatic nitrogens is 3. The monoisotopic (exact) mass is 378 g/mol. The SMILES string of the molecule is N#Cc1ccc(Nc2nn([C@H]3COCCC3C#N)c3cc[nH]c(=O)c23)cc1F. The summed E-state index contributed by atoms with van der Waals surface area (Å²) < 4.78 is 21.1. The van der Waals surface area contributed by atoms with Crippen LogP contribution in [-0.4, -0.2) is 28.0 Å². The maximum Gasteiger partial charge on any atom is 0.261 e. The molecule has 4 rings (SSSR count). The van der Waals surface area contributed by atoms with Crippen LogP contribution in [0.25, 0.3) is 10.9 Å². The molecule has 0 amide bonds. The predicted molar refractivity (Wildman–Crippen MR) is 98.3 cm³/mol. The molecule has 28 heavy (non-hydrogen) atoms. The zero-order valence-corrected chi connectivity index (χ0v) is 14.6. The van der Waals surface area contributed by atoms with Gasteiger partial charge in [0, 0.05) is 18.5 Å². The molecule has 1 aliphatic rings. The Bertz CT molecular complexity index is 1190. The molecule has 0 radical (unpaired) electrons. The van der Waals surface area contributed by atoms with Crippen LogP contribution in [0.5, 0.6) is 0 Å². The van der Waals surface area contributed by atoms with Crippen LogP contribution in [0.1, 0.15) is 18.0 Å². The Kier molecular flexibility index (Phi) is 4.52. The highest BCUT2D eigenvalue weighted by Crippen LogP contribution is 2.31. The van der Waals surface area contributed by atoms with Gasteiger partial charge in [-0.3, -0.25) is 9.48 Å². The molecular weight excluding hydrogens is 363 g/mol. The number of rotatable bonds is 3. The number of H-pyrrole nitrogens is 1. The van der Waals surface area contributed by atoms with Gasteiger partial charge in [0.15, 0.2) is 5.82 Å². The number of ether oxygens (including phenoxy) is 1. The van der Waals surface area contributed by atoms with E-state index in [-0.39, 0.29) is 28.9 Å². The molecule has 3 aromatic rings. The first-order valence-electron chi connectivity index (χ1n) is 8.66. The fourth-order valence-electron chi connectivity index (χ4n) is 3.37. The van der Waals surface area contributed by atoms with Crippen LogP contribution in [0.2, 0.25) is 0 Å². The van der Waals surface area contributed by atoms with Crippen molar-refractivity contribution in [1.82, 2.24) is 14.8 Å². The van der Waals surface area contributed by atoms with E-state index < -0.39 is 5.82 Å². The second-order valence-corrected chi connectivity index (χ2v) is 6.46. The van der Waals surface area contributed by atoms with E-state index in [1.807, 2.05) is 0 Å². The van der Waals surface area contributed by atoms with Crippen molar-refractivity contribution in [3.8, 4) is 12.1 Å². The minimum Gasteiger partial charge on any atom is -0.379 e. The number of halogens is 1. The van der Waals surface area contributed by atoms with Gasteiger partial charge in [-0.1, -0.05) is 0 Å². The number of nitrogens with zero attached hydrogens (tertiary/aromatic N) is 4. The molecule has 0 aliphatic carbocycles. The van der Waals surface area contributed by atoms with Gasteiger partial charge < -0.3 is 15.0 Å². The van der Waals surface area contributed by atoms with Crippen LogP contribution in [0.3, 0.4) is 0 Å². The van der Waals surface area contributed by atoms with Gasteiger partial charge in [0.05, 0.1) is 35.7 Å². The van der Waals surface area contributed by atoms with Crippen LogP contribution in [0.4, 0.5) is 15.9 Å². The lowest BCUT2D eigenvalue weighted by Crippen LogP contribution is -2.30. The quantitative estimate of drug-likeness (QED) is 0.723. The highest BCUT2D eigenvalue weighted by atomic mass is 19.1. The average Bonchev–Trinajstić information content (AvgIpc) is 3.07. The Balaban J connectivity index is 1.81. The third kappa shape index (κ3) is 2.98. The smallest absolute Gasteiger partial charge is 0.261 e. The molecular formula is C19H15FN6O2. The lowest BCUT2D eigenvalue weighted by Gasteiger charge is -2.27. The van der Waals surface area contributed by atoms with E-state index in [0.29, 0.717) is 36.2 Å². The molecule has 3 heterocycles. The normalized spacial score (nSPS) is 19.1. The van der Waals surface area contributed by atoms with Crippen LogP contribution in [0.15, 0.2) is 35.3 Å². The minimum atomic E-state index is -0.671. The first-order valence-corrected chi connectivity index (χ1v) is 8.66. The van der Waals surface area contributed by atoms with Crippen molar-refractivity contribution in [3.05, 3.63) is 52.2 Å². The molecule has 2 atom stereocenters. The minimum absolute atomic E-state index is 0.0741. The molecule has 1 saturated heterocycles. The van der Waals surface area contributed by atoms with Gasteiger partial charge in [-0.05, 0) is 30.7 Å². The molecule has 9 heteroatoms. The number of fused-ring (bicyclic) bond motifs is 1. The Morgan fingerprint density at radius 3 is 2.96 bits per heavy atom. The van der Waals surface area contributed by atoms with E-state index in [1.165, 1.54) is 24.4 Å². The molecule has 2 N–H and O–H groups in total. The summed E-state index contributed by atoms with van der Waals surface area (Å²) in [5, 5.41) is 26.1. The van der Waals surface area contributed by atoms with E-state index in [4.69, 9.17) is 10.00 Å². The molecule has 1 aromatic carbocycles. The number of pyridine rings is 1. The number of nitrogens with one attached hydrogen (secondary N) is 2. The summed E-state index contributed by atoms with van der Waals surface area (Å²) in [6.45, 7) is 0.816. The van der Waals surface area contributed by atoms with Gasteiger partial charge in [0.1, 0.15) is 17.3 Å². The van der Waals surface area contributed by atoms with Crippen molar-refractivity contribution in [3.63, 3.8) is 0 Å². The van der Waals surface area contributed by atoms with Gasteiger partial charge in [-0.15, -0.1) is 0 Å². The average molecular weight is 378 g/mol. The van der Waals surface area contributed by atoms with E-state index in [0.717, 1.165) is 0 Å². The number of anilines is 2. The topological polar surface area (TPSA) is 120 Å². The summed E-state index contributed by atoms with van der Waals surface area (Å²) in [4.78, 5) is 15.1. The first-order chi connectivity index (χ1) is 13.6. The first kappa shape index (κ1) is 17.7. The van der Waals surface area contributed by atoms with Crippen LogP contribution in [0, 0.1) is 34.4 Å². The largest absolute Gasteiger partial charge is 0.379 e. The maximum atomic E-state index is 13.9. The second-order valence-electron chi connectivity index (χ2n) is 6.46. The van der Waals surface area contributed by atoms with E-state index in [2.05, 4.69) is 21.5 Å². The molecule has 1 fully saturated rings. The van der Waals surface area contributed by atoms with Crippen molar-refractivity contribution in [2.45, 2.75) is 12.5 Å². The molecule has 2 aromatic heterocycles. The third-order valence-corrected chi connectivity index (χ3v) is 4.79. The number of benzene rings is 1. The Morgan fingerprint density at radius 2 is 2.21 bits per heavy atom. The summed E-state index contributed by atoms with van der Waals surface area (Å²) >= 11 is 0. The molecule has 0 saturated carbocycles. The third-order valence-electron chi connectivity index (χ3n) is 4.79. The van der Waals surface area contributed by atoms with Crippen LogP contribution >= 0.6 is 0 Å². The van der Waals surface area contributed by atoms with Crippen molar-refractivity contribution in [2.24, 2.45) is 5.92 Å². The van der Waals surface area contributed by atoms with Crippen molar-refractivity contribution >= 4 is 22.4 Å². The van der Waals surface area contributed by atoms with Crippen molar-refractivity contribution < 1.29 is 9.13 Å². The molecule has 1 aliphatic heterocycles. The molecule has 1 unspecified atom stereocenters. The fourth-order valence-corrected chi connectivity index (χ4v) is 3.37. The van der Waals surface area contributed by atoms with Crippen molar-refractivity contribution in [2.75, 3.05) is 18.5 Å². The Hall–Kier alpha value is -3.69. The summed E-state index contributed by atoms with van der Waals surface area (Å²) in [6.07, 6.45) is 2.09. The predicted octanol–water partition coefficient (Wildman–Crippen LogP) is 2.58. The van der Waals surface area contributed by atoms with E-state index >= 15 is 0 Å². The second kappa shape index (κ2) is 7.14. The van der Waals surface area contributed by atoms with E-state index in [1.54, 1.807) is 16.8 Å². The summed E-state index contributed by atoms with van der Waals surface area (Å²) in [7, 11) is 0. The Morgan fingerprint density at radius 1 is 1.36 bits per heavy atom. The standard InChI is InChI=1S/C19H15FN6O2/c20-14-7-13(2-1-11(14)8-21)24-18-17-15(3-5-23-19(17)27)26(25-18)16-10-28-6-4-12(16)9-22/h1-3,5,7,12,16H,4,6,10H2,(H,23,27)(H,24,25)/t12?,16-/m0/s1. The highest BCUT2D eigenvalue weighted by Gasteiger charge is 2.30. The number of aromatic amines is 1. The number of nitriles is 2. The molecule has 0 spiro atoms. The van der Waals surface area contributed by atoms with Gasteiger partial charge in [-0.2, -0.15) is 15.6 Å². The number of hydrogen-bond acceptors (Lipinski definition) is 6.